The van der Waals surface area contributed by atoms with Crippen molar-refractivity contribution in [2.24, 2.45) is 0 Å². The van der Waals surface area contributed by atoms with Gasteiger partial charge in [0, 0.05) is 24.8 Å². The molecule has 0 fully saturated rings. The number of carbonyl (C=O) groups is 1. The number of hydrogen-bond acceptors (Lipinski definition) is 3. The van der Waals surface area contributed by atoms with Crippen LogP contribution in [0.25, 0.3) is 0 Å². The van der Waals surface area contributed by atoms with Gasteiger partial charge >= 0.3 is 0 Å². The topological polar surface area (TPSA) is 64.0 Å². The van der Waals surface area contributed by atoms with Crippen molar-refractivity contribution in [3.05, 3.63) is 58.3 Å². The van der Waals surface area contributed by atoms with Crippen molar-refractivity contribution < 1.29 is 4.79 Å². The van der Waals surface area contributed by atoms with Crippen LogP contribution in [0.15, 0.2) is 35.3 Å². The predicted octanol–water partition coefficient (Wildman–Crippen LogP) is 1.63. The van der Waals surface area contributed by atoms with Crippen LogP contribution >= 0.6 is 0 Å². The molecule has 0 unspecified atom stereocenters. The van der Waals surface area contributed by atoms with Gasteiger partial charge in [-0.05, 0) is 31.0 Å². The molecule has 2 aromatic rings. The maximum Gasteiger partial charge on any atom is 0.266 e. The van der Waals surface area contributed by atoms with E-state index in [0.29, 0.717) is 12.2 Å². The number of rotatable bonds is 2. The monoisotopic (exact) mass is 268 g/mol. The number of aryl methyl sites for hydroxylation is 1. The van der Waals surface area contributed by atoms with E-state index in [1.165, 1.54) is 6.20 Å². The fourth-order valence-corrected chi connectivity index (χ4v) is 2.33. The molecule has 1 aromatic carbocycles. The highest BCUT2D eigenvalue weighted by Gasteiger charge is 2.18. The van der Waals surface area contributed by atoms with E-state index in [4.69, 9.17) is 0 Å². The largest absolute Gasteiger partial charge is 0.322 e. The number of nitrogens with zero attached hydrogens (tertiary/aromatic N) is 2. The first-order valence-electron chi connectivity index (χ1n) is 6.62. The molecule has 0 saturated carbocycles. The van der Waals surface area contributed by atoms with Gasteiger partial charge in [0.1, 0.15) is 11.4 Å². The van der Waals surface area contributed by atoms with E-state index < -0.39 is 5.91 Å². The highest BCUT2D eigenvalue weighted by Crippen LogP contribution is 2.11. The van der Waals surface area contributed by atoms with E-state index in [9.17, 15) is 9.59 Å². The summed E-state index contributed by atoms with van der Waals surface area (Å²) in [5.41, 5.74) is 0.436. The van der Waals surface area contributed by atoms with Crippen molar-refractivity contribution in [2.45, 2.75) is 25.8 Å². The Morgan fingerprint density at radius 2 is 2.30 bits per heavy atom. The zero-order valence-corrected chi connectivity index (χ0v) is 10.9. The third kappa shape index (κ3) is 2.34. The fraction of sp³-hybridized carbons (Fsp3) is 0.267. The predicted molar refractivity (Wildman–Crippen MR) is 74.7 cm³/mol. The average molecular weight is 268 g/mol. The van der Waals surface area contributed by atoms with Crippen LogP contribution in [0.3, 0.4) is 0 Å². The van der Waals surface area contributed by atoms with Crippen molar-refractivity contribution in [2.75, 3.05) is 5.32 Å². The molecule has 0 atom stereocenters. The van der Waals surface area contributed by atoms with Gasteiger partial charge < -0.3 is 5.32 Å². The summed E-state index contributed by atoms with van der Waals surface area (Å²) in [5.74, 6) is 0.341. The zero-order chi connectivity index (χ0) is 13.9. The Morgan fingerprint density at radius 3 is 3.10 bits per heavy atom. The summed E-state index contributed by atoms with van der Waals surface area (Å²) in [6.45, 7) is 0.640. The Labute approximate surface area is 116 Å². The maximum absolute atomic E-state index is 12.3. The number of amides is 1. The molecule has 5 heteroatoms. The van der Waals surface area contributed by atoms with E-state index in [0.717, 1.165) is 25.1 Å². The molecule has 3 rings (SSSR count). The smallest absolute Gasteiger partial charge is 0.266 e. The van der Waals surface area contributed by atoms with Gasteiger partial charge in [-0.3, -0.25) is 14.2 Å². The summed E-state index contributed by atoms with van der Waals surface area (Å²) in [6, 6.07) is 9.78. The van der Waals surface area contributed by atoms with E-state index in [1.807, 2.05) is 0 Å². The highest BCUT2D eigenvalue weighted by atomic mass is 16.2. The molecule has 5 nitrogen and oxygen atoms in total. The first-order valence-corrected chi connectivity index (χ1v) is 6.62. The van der Waals surface area contributed by atoms with Crippen molar-refractivity contribution in [1.82, 2.24) is 9.55 Å². The second-order valence-electron chi connectivity index (χ2n) is 4.75. The number of hydrogen-bond donors (Lipinski definition) is 1. The van der Waals surface area contributed by atoms with Crippen LogP contribution in [0.2, 0.25) is 0 Å². The van der Waals surface area contributed by atoms with Gasteiger partial charge in [-0.25, -0.2) is 4.98 Å². The van der Waals surface area contributed by atoms with Gasteiger partial charge in [-0.1, -0.05) is 12.1 Å². The van der Waals surface area contributed by atoms with E-state index in [2.05, 4.69) is 16.4 Å². The van der Waals surface area contributed by atoms with Gasteiger partial charge in [-0.15, -0.1) is 0 Å². The third-order valence-electron chi connectivity index (χ3n) is 3.37. The van der Waals surface area contributed by atoms with Gasteiger partial charge in [0.15, 0.2) is 0 Å². The summed E-state index contributed by atoms with van der Waals surface area (Å²) >= 11 is 0. The lowest BCUT2D eigenvalue weighted by molar-refractivity contribution is 0.102. The van der Waals surface area contributed by atoms with Gasteiger partial charge in [-0.2, -0.15) is 0 Å². The molecular weight excluding hydrogens is 254 g/mol. The zero-order valence-electron chi connectivity index (χ0n) is 10.9. The molecule has 0 spiro atoms. The highest BCUT2D eigenvalue weighted by molar-refractivity contribution is 6.03. The summed E-state index contributed by atoms with van der Waals surface area (Å²) in [7, 11) is 0. The van der Waals surface area contributed by atoms with Crippen LogP contribution in [0.1, 0.15) is 29.0 Å². The summed E-state index contributed by atoms with van der Waals surface area (Å²) in [5, 5.41) is 2.68. The molecule has 1 radical (unpaired) electrons. The normalized spacial score (nSPS) is 13.6. The van der Waals surface area contributed by atoms with Crippen molar-refractivity contribution in [3.63, 3.8) is 0 Å². The number of nitrogens with one attached hydrogen (secondary N) is 1. The standard InChI is InChI=1S/C15H14N3O2/c19-14(17-11-6-2-1-3-7-11)12-10-16-13-8-4-5-9-18(13)15(12)20/h1-2,6-7,10H,4-5,8-9H2,(H,17,19). The molecular formula is C15H14N3O2. The minimum atomic E-state index is -0.428. The van der Waals surface area contributed by atoms with Crippen molar-refractivity contribution in [1.29, 1.82) is 0 Å². The Kier molecular flexibility index (Phi) is 3.33. The Bertz CT molecular complexity index is 692. The number of carbonyl (C=O) groups excluding carboxylic acids is 1. The SMILES string of the molecule is O=C(Nc1c[c]ccc1)c1cnc2n(c1=O)CCCC2. The maximum atomic E-state index is 12.3. The molecule has 0 bridgehead atoms. The van der Waals surface area contributed by atoms with Crippen LogP contribution in [-0.4, -0.2) is 15.5 Å². The second-order valence-corrected chi connectivity index (χ2v) is 4.75. The lowest BCUT2D eigenvalue weighted by Gasteiger charge is -2.17. The number of benzene rings is 1. The van der Waals surface area contributed by atoms with Gasteiger partial charge in [0.2, 0.25) is 0 Å². The molecule has 2 heterocycles. The number of aromatic nitrogens is 2. The number of anilines is 1. The average Bonchev–Trinajstić information content (AvgIpc) is 2.49. The summed E-state index contributed by atoms with van der Waals surface area (Å²) in [6.07, 6.45) is 4.16. The van der Waals surface area contributed by atoms with Crippen LogP contribution in [0.5, 0.6) is 0 Å². The van der Waals surface area contributed by atoms with E-state index in [1.54, 1.807) is 28.8 Å². The molecule has 1 amide bonds. The fourth-order valence-electron chi connectivity index (χ4n) is 2.33. The van der Waals surface area contributed by atoms with Crippen molar-refractivity contribution >= 4 is 11.6 Å². The molecule has 20 heavy (non-hydrogen) atoms. The summed E-state index contributed by atoms with van der Waals surface area (Å²) in [4.78, 5) is 28.7. The third-order valence-corrected chi connectivity index (χ3v) is 3.37. The molecule has 0 saturated heterocycles. The van der Waals surface area contributed by atoms with E-state index in [-0.39, 0.29) is 11.1 Å². The van der Waals surface area contributed by atoms with Crippen LogP contribution in [0, 0.1) is 6.07 Å². The van der Waals surface area contributed by atoms with Crippen molar-refractivity contribution in [3.8, 4) is 0 Å². The van der Waals surface area contributed by atoms with E-state index >= 15 is 0 Å². The first kappa shape index (κ1) is 12.6. The first-order chi connectivity index (χ1) is 9.75. The Hall–Kier alpha value is -2.43. The van der Waals surface area contributed by atoms with Crippen LogP contribution < -0.4 is 10.9 Å². The van der Waals surface area contributed by atoms with Gasteiger partial charge in [0.05, 0.1) is 0 Å². The Balaban J connectivity index is 1.91. The molecule has 0 aliphatic carbocycles. The molecule has 1 N–H and O–H groups in total. The number of fused-ring (bicyclic) bond motifs is 1. The molecule has 1 aliphatic heterocycles. The van der Waals surface area contributed by atoms with Gasteiger partial charge in [0.25, 0.3) is 11.5 Å². The lowest BCUT2D eigenvalue weighted by Crippen LogP contribution is -2.33. The molecule has 1 aliphatic rings. The second kappa shape index (κ2) is 5.28. The minimum absolute atomic E-state index is 0.0829. The minimum Gasteiger partial charge on any atom is -0.322 e. The summed E-state index contributed by atoms with van der Waals surface area (Å²) < 4.78 is 1.61. The lowest BCUT2D eigenvalue weighted by atomic mass is 10.1. The van der Waals surface area contributed by atoms with Crippen LogP contribution in [-0.2, 0) is 13.0 Å². The van der Waals surface area contributed by atoms with Crippen LogP contribution in [0.4, 0.5) is 5.69 Å². The quantitative estimate of drug-likeness (QED) is 0.900. The molecule has 101 valence electrons. The Morgan fingerprint density at radius 1 is 1.40 bits per heavy atom. The molecule has 1 aromatic heterocycles.